The number of hydrogen-bond acceptors (Lipinski definition) is 6. The van der Waals surface area contributed by atoms with Gasteiger partial charge in [-0.05, 0) is 155 Å². The molecule has 0 fully saturated rings. The fourth-order valence-electron chi connectivity index (χ4n) is 18.2. The van der Waals surface area contributed by atoms with Gasteiger partial charge in [0.15, 0.2) is 0 Å². The van der Waals surface area contributed by atoms with E-state index >= 15 is 0 Å². The van der Waals surface area contributed by atoms with Gasteiger partial charge in [0.25, 0.3) is 0 Å². The van der Waals surface area contributed by atoms with Crippen LogP contribution in [0.4, 0.5) is 45.5 Å². The van der Waals surface area contributed by atoms with E-state index in [2.05, 4.69) is 192 Å². The average Bonchev–Trinajstić information content (AvgIpc) is 1.27. The summed E-state index contributed by atoms with van der Waals surface area (Å²) in [6.07, 6.45) is 3.56. The second-order valence-electron chi connectivity index (χ2n) is 38.9. The molecule has 8 nitrogen and oxygen atoms in total. The number of aromatic nitrogens is 4. The van der Waals surface area contributed by atoms with Crippen molar-refractivity contribution in [3.8, 4) is 67.3 Å². The van der Waals surface area contributed by atoms with E-state index in [0.29, 0.717) is 56.2 Å². The van der Waals surface area contributed by atoms with Crippen molar-refractivity contribution in [3.63, 3.8) is 0 Å². The molecular weight excluding hydrogens is 2070 g/mol. The number of anilines is 8. The van der Waals surface area contributed by atoms with Crippen molar-refractivity contribution in [3.05, 3.63) is 476 Å². The third-order valence-corrected chi connectivity index (χ3v) is 28.1. The Balaban J connectivity index is 0.000000208. The van der Waals surface area contributed by atoms with Crippen LogP contribution in [0.2, 0.25) is 19.6 Å². The summed E-state index contributed by atoms with van der Waals surface area (Å²) in [5.74, 6) is 1.21. The predicted molar refractivity (Wildman–Crippen MR) is 579 cm³/mol. The van der Waals surface area contributed by atoms with E-state index in [9.17, 15) is 9.60 Å². The molecule has 0 unspecified atom stereocenters. The Morgan fingerprint density at radius 2 is 0.698 bits per heavy atom. The maximum Gasteiger partial charge on any atom is 0.135 e. The van der Waals surface area contributed by atoms with Crippen LogP contribution < -0.4 is 24.8 Å². The first-order valence-corrected chi connectivity index (χ1v) is 48.8. The first-order valence-electron chi connectivity index (χ1n) is 60.8. The van der Waals surface area contributed by atoms with Gasteiger partial charge in [-0.3, -0.25) is 0 Å². The van der Waals surface area contributed by atoms with E-state index < -0.39 is 221 Å². The Morgan fingerprint density at radius 3 is 1.19 bits per heavy atom. The Hall–Kier alpha value is -13.8. The second kappa shape index (κ2) is 37.5. The third-order valence-electron chi connectivity index (χ3n) is 26.1. The molecule has 22 rings (SSSR count). The first-order chi connectivity index (χ1) is 79.0. The molecule has 0 aliphatic carbocycles. The average molecular weight is 2210 g/mol. The first kappa shape index (κ1) is 63.7. The van der Waals surface area contributed by atoms with Crippen LogP contribution in [0.3, 0.4) is 0 Å². The normalized spacial score (nSPS) is 16.0. The van der Waals surface area contributed by atoms with Crippen LogP contribution in [-0.4, -0.2) is 27.2 Å². The molecule has 0 atom stereocenters. The van der Waals surface area contributed by atoms with Crippen molar-refractivity contribution in [2.75, 3.05) is 19.6 Å². The van der Waals surface area contributed by atoms with E-state index in [-0.39, 0.29) is 116 Å². The summed E-state index contributed by atoms with van der Waals surface area (Å²) in [5.41, 5.74) is 6.49. The fourth-order valence-corrected chi connectivity index (χ4v) is 19.3. The molecule has 2 aliphatic rings. The molecule has 0 saturated heterocycles. The van der Waals surface area contributed by atoms with Crippen LogP contribution >= 0.6 is 0 Å². The van der Waals surface area contributed by atoms with E-state index in [1.165, 1.54) is 4.90 Å². The monoisotopic (exact) mass is 2210 g/mol. The Morgan fingerprint density at radius 1 is 0.295 bits per heavy atom. The molecule has 694 valence electrons. The summed E-state index contributed by atoms with van der Waals surface area (Å²) < 4.78 is 283. The van der Waals surface area contributed by atoms with Crippen LogP contribution in [0, 0.1) is 37.6 Å². The van der Waals surface area contributed by atoms with Crippen LogP contribution in [-0.2, 0) is 69.2 Å². The molecule has 0 N–H and O–H groups in total. The Bertz CT molecular complexity index is 9690. The maximum atomic E-state index is 10.3. The van der Waals surface area contributed by atoms with Gasteiger partial charge < -0.3 is 28.7 Å². The van der Waals surface area contributed by atoms with Crippen LogP contribution in [0.15, 0.2) is 394 Å². The Labute approximate surface area is 893 Å². The molecule has 2 aliphatic heterocycles. The van der Waals surface area contributed by atoms with Crippen molar-refractivity contribution in [2.45, 2.75) is 130 Å². The zero-order valence-electron chi connectivity index (χ0n) is 110. The summed E-state index contributed by atoms with van der Waals surface area (Å²) in [6, 6.07) is 57.0. The van der Waals surface area contributed by atoms with Crippen LogP contribution in [0.25, 0.3) is 111 Å². The number of nitrogens with zero attached hydrogens (tertiary/aromatic N) is 8. The number of benzene rings is 16. The SMILES string of the molecule is [2H]c1c([2H])c([2H])c(-c2c([2H])c(-c3c([2H])c([2H])c([2H])c([2H])c3[2H])c(N3[CH-]N(c4[c-]c(C(C)(C)c5[c-]c6c(cc5)c5ccccc5n6-c5cc(C(C)(C)c6ccccc6)ccn5)cc([Si](C)(C)C)c4)c4ccccc43)c(-c3c([2H])c([2H])c([2H])c([2H])c3[2H])c2[2H])c([2H])c1[2H].[2H]c1c([2H])c([2H])c(-c2cccc(-c3c([2H])c([2H])c([2H])c([2H])c3[2H])c2N2[CH-]N(c3[c-]c(C(C)(C)c4[c-]c5c(cc4)c4c([2H])c([2H])c([2H])c([2H])c4n5-c4cc(C(C)(C)C)ccn4)cc(C(C)(C)C)c3)c3ccccc32)c([2H])c1[2H].[Pt].[Pt]. The quantitative estimate of drug-likeness (QED) is 0.0630. The molecule has 139 heavy (non-hydrogen) atoms. The predicted octanol–water partition coefficient (Wildman–Crippen LogP) is 32.8. The van der Waals surface area contributed by atoms with E-state index in [1.807, 2.05) is 107 Å². The van der Waals surface area contributed by atoms with E-state index in [4.69, 9.17) is 42.9 Å². The molecule has 0 amide bonds. The smallest absolute Gasteiger partial charge is 0.135 e. The van der Waals surface area contributed by atoms with Crippen molar-refractivity contribution in [1.82, 2.24) is 19.1 Å². The summed E-state index contributed by atoms with van der Waals surface area (Å²) >= 11 is 0. The minimum atomic E-state index is -2.30. The number of hydrogen-bond donors (Lipinski definition) is 0. The van der Waals surface area contributed by atoms with Gasteiger partial charge in [0, 0.05) is 127 Å². The number of fused-ring (bicyclic) bond motifs is 8. The minimum absolute atomic E-state index is 0. The van der Waals surface area contributed by atoms with Gasteiger partial charge >= 0.3 is 0 Å². The third kappa shape index (κ3) is 17.7. The van der Waals surface area contributed by atoms with Crippen molar-refractivity contribution in [1.29, 1.82) is 0 Å². The molecule has 0 bridgehead atoms. The largest absolute Gasteiger partial charge is 0.493 e. The van der Waals surface area contributed by atoms with Crippen LogP contribution in [0.5, 0.6) is 0 Å². The molecule has 16 aromatic carbocycles. The summed E-state index contributed by atoms with van der Waals surface area (Å²) in [4.78, 5) is 16.8. The van der Waals surface area contributed by atoms with Gasteiger partial charge in [0.2, 0.25) is 0 Å². The minimum Gasteiger partial charge on any atom is -0.493 e. The molecule has 4 aromatic heterocycles. The van der Waals surface area contributed by atoms with Gasteiger partial charge in [-0.25, -0.2) is 9.97 Å². The van der Waals surface area contributed by atoms with Gasteiger partial charge in [-0.15, -0.1) is 41.6 Å². The second-order valence-corrected chi connectivity index (χ2v) is 44.0. The summed E-state index contributed by atoms with van der Waals surface area (Å²) in [7, 11) is -2.30. The van der Waals surface area contributed by atoms with Gasteiger partial charge in [-0.2, -0.15) is 99.7 Å². The van der Waals surface area contributed by atoms with Gasteiger partial charge in [0.05, 0.1) is 50.6 Å². The van der Waals surface area contributed by atoms with Crippen molar-refractivity contribution in [2.24, 2.45) is 0 Å². The fraction of sp³-hybridized carbons (Fsp3) is 0.156. The molecule has 20 aromatic rings. The molecular formula is C128H112N8Pt2Si-6. The molecule has 6 heterocycles. The number of pyridine rings is 2. The van der Waals surface area contributed by atoms with Crippen molar-refractivity contribution < 1.29 is 84.6 Å². The molecule has 0 spiro atoms. The van der Waals surface area contributed by atoms with E-state index in [0.717, 1.165) is 77.3 Å². The zero-order chi connectivity index (χ0) is 121. The summed E-state index contributed by atoms with van der Waals surface area (Å²) in [5, 5.41) is 3.97. The van der Waals surface area contributed by atoms with E-state index in [1.54, 1.807) is 71.5 Å². The Kier molecular flexibility index (Phi) is 17.2. The standard InChI is InChI=1S/C69H59N4Si.C59H53N4.2Pt/c1-68(2,52-30-18-11-19-31-52)54-38-39-70-66(45-54)73-62-33-21-20-32-58(62)59-37-36-53(44-65(59)73)69(3,4)55-42-56(46-57(43-55)74(5,6)7)71-47-72(64-35-23-22-34-63(64)71)67-60(49-26-14-9-15-27-49)40-51(48-24-12-8-13-25-48)41-61(67)50-28-16-10-17-29-50;1-57(2,3)42-32-33-60-55(38-42)63-51-27-16-15-24-49(51)50-31-30-43(37-54(50)63)59(7,8)45-34-44(58(4,5)6)35-46(36-45)61-39-62(53-29-18-17-28-52(53)61)56-47(40-20-11-9-12-21-40)25-19-26-48(56)41-22-13-10-14-23-41;;/h8-41,43,45-47H,1-7H3;9-35,38-39H,1-8H3;;/q2*-3;;/i8D,9D,10D,12D,13D,14D,15D,16D,17D,24D,25D,26D,27D,28D,29D,40D,41D;9D,10D,11D,12D,13D,14D,15D,16D,20D,21D,22D,23D,24D,27D;;. The van der Waals surface area contributed by atoms with Gasteiger partial charge in [-0.1, -0.05) is 374 Å². The van der Waals surface area contributed by atoms with Gasteiger partial charge in [0.1, 0.15) is 11.6 Å². The molecule has 0 saturated carbocycles. The maximum absolute atomic E-state index is 10.3. The topological polar surface area (TPSA) is 48.6 Å². The zero-order valence-corrected chi connectivity index (χ0v) is 84.5. The number of rotatable bonds is 18. The number of para-hydroxylation sites is 7. The van der Waals surface area contributed by atoms with Crippen molar-refractivity contribution >= 4 is 102 Å². The molecule has 0 radical (unpaired) electrons. The van der Waals surface area contributed by atoms with Crippen LogP contribution in [0.1, 0.15) is 170 Å². The summed E-state index contributed by atoms with van der Waals surface area (Å²) in [6.45, 7) is 35.4. The molecule has 11 heteroatoms.